The van der Waals surface area contributed by atoms with Crippen molar-refractivity contribution in [2.24, 2.45) is 0 Å². The van der Waals surface area contributed by atoms with Crippen molar-refractivity contribution in [2.45, 2.75) is 6.18 Å². The SMILES string of the molecule is CS(=O)(=O)N1CCN(c2ccc3nn(-c4cc(=O)cc(C(F)(F)F)[nH]4)cc3c2)CC1. The van der Waals surface area contributed by atoms with Crippen LogP contribution in [0.3, 0.4) is 0 Å². The molecular weight excluding hydrogens is 423 g/mol. The Morgan fingerprint density at radius 1 is 1.07 bits per heavy atom. The molecule has 0 spiro atoms. The Labute approximate surface area is 169 Å². The number of benzene rings is 1. The number of halogens is 3. The maximum absolute atomic E-state index is 13.0. The first-order valence-electron chi connectivity index (χ1n) is 9.02. The fraction of sp³-hybridized carbons (Fsp3) is 0.333. The summed E-state index contributed by atoms with van der Waals surface area (Å²) in [6.07, 6.45) is -1.96. The number of fused-ring (bicyclic) bond motifs is 1. The van der Waals surface area contributed by atoms with Gasteiger partial charge in [-0.15, -0.1) is 0 Å². The molecule has 1 N–H and O–H groups in total. The van der Waals surface area contributed by atoms with Gasteiger partial charge >= 0.3 is 6.18 Å². The van der Waals surface area contributed by atoms with Crippen molar-refractivity contribution in [2.75, 3.05) is 37.3 Å². The van der Waals surface area contributed by atoms with Crippen LogP contribution in [0.15, 0.2) is 41.3 Å². The van der Waals surface area contributed by atoms with E-state index in [1.165, 1.54) is 21.4 Å². The van der Waals surface area contributed by atoms with Crippen molar-refractivity contribution in [1.29, 1.82) is 0 Å². The number of alkyl halides is 3. The minimum absolute atomic E-state index is 0.0886. The van der Waals surface area contributed by atoms with Gasteiger partial charge in [-0.1, -0.05) is 0 Å². The van der Waals surface area contributed by atoms with Crippen LogP contribution < -0.4 is 10.3 Å². The highest BCUT2D eigenvalue weighted by Crippen LogP contribution is 2.28. The molecule has 1 aromatic carbocycles. The summed E-state index contributed by atoms with van der Waals surface area (Å²) in [4.78, 5) is 15.9. The van der Waals surface area contributed by atoms with Crippen molar-refractivity contribution in [3.63, 3.8) is 0 Å². The molecule has 0 amide bonds. The van der Waals surface area contributed by atoms with Gasteiger partial charge in [-0.3, -0.25) is 4.79 Å². The molecule has 30 heavy (non-hydrogen) atoms. The first-order valence-corrected chi connectivity index (χ1v) is 10.9. The predicted octanol–water partition coefficient (Wildman–Crippen LogP) is 1.81. The zero-order chi connectivity index (χ0) is 21.7. The van der Waals surface area contributed by atoms with E-state index < -0.39 is 27.3 Å². The van der Waals surface area contributed by atoms with Gasteiger partial charge in [-0.05, 0) is 18.2 Å². The fourth-order valence-electron chi connectivity index (χ4n) is 3.42. The first-order chi connectivity index (χ1) is 14.0. The quantitative estimate of drug-likeness (QED) is 0.670. The van der Waals surface area contributed by atoms with Crippen LogP contribution in [0.2, 0.25) is 0 Å². The molecule has 4 rings (SSSR count). The standard InChI is InChI=1S/C18H18F3N5O3S/c1-30(28,29)25-6-4-24(5-7-25)13-2-3-15-12(8-13)11-26(23-15)17-10-14(27)9-16(22-17)18(19,20)21/h2-3,8-11H,4-7H2,1H3,(H,22,27). The highest BCUT2D eigenvalue weighted by molar-refractivity contribution is 7.88. The van der Waals surface area contributed by atoms with Gasteiger partial charge in [0.2, 0.25) is 10.0 Å². The summed E-state index contributed by atoms with van der Waals surface area (Å²) in [5, 5.41) is 4.93. The monoisotopic (exact) mass is 441 g/mol. The molecule has 1 saturated heterocycles. The zero-order valence-electron chi connectivity index (χ0n) is 15.8. The van der Waals surface area contributed by atoms with Gasteiger partial charge in [0, 0.05) is 55.6 Å². The van der Waals surface area contributed by atoms with Crippen LogP contribution in [0.1, 0.15) is 5.69 Å². The third kappa shape index (κ3) is 4.05. The molecule has 0 atom stereocenters. The van der Waals surface area contributed by atoms with Crippen molar-refractivity contribution >= 4 is 26.6 Å². The first kappa shape index (κ1) is 20.4. The highest BCUT2D eigenvalue weighted by atomic mass is 32.2. The van der Waals surface area contributed by atoms with Gasteiger partial charge in [0.25, 0.3) is 0 Å². The van der Waals surface area contributed by atoms with E-state index in [0.717, 1.165) is 11.8 Å². The molecule has 160 valence electrons. The lowest BCUT2D eigenvalue weighted by Crippen LogP contribution is -2.48. The second-order valence-electron chi connectivity index (χ2n) is 7.08. The van der Waals surface area contributed by atoms with E-state index in [1.54, 1.807) is 6.07 Å². The lowest BCUT2D eigenvalue weighted by atomic mass is 10.2. The van der Waals surface area contributed by atoms with Crippen molar-refractivity contribution in [3.05, 3.63) is 52.4 Å². The predicted molar refractivity (Wildman–Crippen MR) is 105 cm³/mol. The molecule has 8 nitrogen and oxygen atoms in total. The summed E-state index contributed by atoms with van der Waals surface area (Å²) in [7, 11) is -3.23. The number of pyridine rings is 1. The van der Waals surface area contributed by atoms with Crippen LogP contribution in [-0.4, -0.2) is 59.9 Å². The van der Waals surface area contributed by atoms with Gasteiger partial charge in [-0.2, -0.15) is 22.6 Å². The van der Waals surface area contributed by atoms with Crippen molar-refractivity contribution in [1.82, 2.24) is 19.1 Å². The molecule has 12 heteroatoms. The third-order valence-electron chi connectivity index (χ3n) is 4.94. The van der Waals surface area contributed by atoms with E-state index in [1.807, 2.05) is 17.0 Å². The minimum atomic E-state index is -4.68. The largest absolute Gasteiger partial charge is 0.431 e. The number of aromatic amines is 1. The van der Waals surface area contributed by atoms with E-state index in [-0.39, 0.29) is 5.82 Å². The zero-order valence-corrected chi connectivity index (χ0v) is 16.7. The van der Waals surface area contributed by atoms with E-state index in [0.29, 0.717) is 43.1 Å². The normalized spacial score (nSPS) is 16.3. The molecule has 0 radical (unpaired) electrons. The molecule has 0 bridgehead atoms. The van der Waals surface area contributed by atoms with E-state index in [4.69, 9.17) is 0 Å². The Bertz CT molecular complexity index is 1260. The average molecular weight is 441 g/mol. The Balaban J connectivity index is 1.63. The molecule has 0 aliphatic carbocycles. The summed E-state index contributed by atoms with van der Waals surface area (Å²) in [6.45, 7) is 1.80. The average Bonchev–Trinajstić information content (AvgIpc) is 3.09. The lowest BCUT2D eigenvalue weighted by Gasteiger charge is -2.34. The van der Waals surface area contributed by atoms with E-state index in [9.17, 15) is 26.4 Å². The Morgan fingerprint density at radius 2 is 1.77 bits per heavy atom. The fourth-order valence-corrected chi connectivity index (χ4v) is 4.24. The molecule has 1 aliphatic heterocycles. The maximum Gasteiger partial charge on any atom is 0.431 e. The van der Waals surface area contributed by atoms with Crippen LogP contribution in [0.4, 0.5) is 18.9 Å². The number of H-pyrrole nitrogens is 1. The summed E-state index contributed by atoms with van der Waals surface area (Å²) >= 11 is 0. The molecule has 1 fully saturated rings. The maximum atomic E-state index is 13.0. The lowest BCUT2D eigenvalue weighted by molar-refractivity contribution is -0.141. The van der Waals surface area contributed by atoms with Crippen LogP contribution in [0.5, 0.6) is 0 Å². The summed E-state index contributed by atoms with van der Waals surface area (Å²) < 4.78 is 64.9. The van der Waals surface area contributed by atoms with Crippen LogP contribution in [0, 0.1) is 0 Å². The van der Waals surface area contributed by atoms with Gasteiger partial charge in [0.05, 0.1) is 11.8 Å². The number of anilines is 1. The minimum Gasteiger partial charge on any atom is -0.369 e. The Hall–Kier alpha value is -2.86. The summed E-state index contributed by atoms with van der Waals surface area (Å²) in [5.41, 5.74) is -0.520. The molecule has 1 aliphatic rings. The smallest absolute Gasteiger partial charge is 0.369 e. The highest BCUT2D eigenvalue weighted by Gasteiger charge is 2.32. The Morgan fingerprint density at radius 3 is 2.40 bits per heavy atom. The molecule has 0 unspecified atom stereocenters. The molecule has 3 aromatic rings. The molecular formula is C18H18F3N5O3S. The van der Waals surface area contributed by atoms with Gasteiger partial charge in [0.1, 0.15) is 11.5 Å². The number of piperazine rings is 1. The number of nitrogens with one attached hydrogen (secondary N) is 1. The molecule has 2 aromatic heterocycles. The van der Waals surface area contributed by atoms with Crippen molar-refractivity contribution < 1.29 is 21.6 Å². The summed E-state index contributed by atoms with van der Waals surface area (Å²) in [6, 6.07) is 6.94. The van der Waals surface area contributed by atoms with Crippen LogP contribution in [-0.2, 0) is 16.2 Å². The topological polar surface area (TPSA) is 91.3 Å². The Kier molecular flexibility index (Phi) is 4.85. The van der Waals surface area contributed by atoms with E-state index >= 15 is 0 Å². The molecule has 0 saturated carbocycles. The number of sulfonamides is 1. The van der Waals surface area contributed by atoms with Gasteiger partial charge in [-0.25, -0.2) is 13.1 Å². The second kappa shape index (κ2) is 7.13. The number of hydrogen-bond acceptors (Lipinski definition) is 5. The van der Waals surface area contributed by atoms with Gasteiger partial charge in [0.15, 0.2) is 5.43 Å². The van der Waals surface area contributed by atoms with E-state index in [2.05, 4.69) is 10.1 Å². The second-order valence-corrected chi connectivity index (χ2v) is 9.06. The summed E-state index contributed by atoms with van der Waals surface area (Å²) in [5.74, 6) is -0.0886. The number of rotatable bonds is 3. The third-order valence-corrected chi connectivity index (χ3v) is 6.24. The number of hydrogen-bond donors (Lipinski definition) is 1. The molecule has 3 heterocycles. The van der Waals surface area contributed by atoms with Gasteiger partial charge < -0.3 is 9.88 Å². The van der Waals surface area contributed by atoms with Crippen LogP contribution in [0.25, 0.3) is 16.7 Å². The number of nitrogens with zero attached hydrogens (tertiary/aromatic N) is 4. The van der Waals surface area contributed by atoms with Crippen molar-refractivity contribution in [3.8, 4) is 5.82 Å². The number of aromatic nitrogens is 3. The van der Waals surface area contributed by atoms with Crippen LogP contribution >= 0.6 is 0 Å².